The number of hydrogen-bond donors (Lipinski definition) is 1. The Morgan fingerprint density at radius 1 is 1.44 bits per heavy atom. The molecule has 0 unspecified atom stereocenters. The fraction of sp³-hybridized carbons (Fsp3) is 0.333. The minimum absolute atomic E-state index is 0.248. The quantitative estimate of drug-likeness (QED) is 0.769. The molecule has 130 valence electrons. The molecule has 0 spiro atoms. The van der Waals surface area contributed by atoms with Crippen LogP contribution < -0.4 is 10.1 Å². The van der Waals surface area contributed by atoms with Gasteiger partial charge in [0, 0.05) is 29.6 Å². The van der Waals surface area contributed by atoms with Gasteiger partial charge in [0.05, 0.1) is 33.1 Å². The van der Waals surface area contributed by atoms with E-state index in [1.54, 1.807) is 19.2 Å². The molecule has 1 aliphatic rings. The average Bonchev–Trinajstić information content (AvgIpc) is 3.25. The van der Waals surface area contributed by atoms with E-state index < -0.39 is 0 Å². The molecule has 3 heterocycles. The maximum atomic E-state index is 12.3. The highest BCUT2D eigenvalue weighted by molar-refractivity contribution is 5.97. The number of fused-ring (bicyclic) bond motifs is 2. The van der Waals surface area contributed by atoms with Gasteiger partial charge in [0.25, 0.3) is 5.91 Å². The van der Waals surface area contributed by atoms with E-state index in [1.807, 2.05) is 23.0 Å². The summed E-state index contributed by atoms with van der Waals surface area (Å²) in [6.45, 7) is 2.42. The molecule has 0 aliphatic carbocycles. The number of carbonyl (C=O) groups excluding carboxylic acids is 1. The molecule has 0 radical (unpaired) electrons. The van der Waals surface area contributed by atoms with E-state index in [4.69, 9.17) is 13.9 Å². The zero-order chi connectivity index (χ0) is 17.2. The van der Waals surface area contributed by atoms with Crippen LogP contribution in [0, 0.1) is 0 Å². The number of benzene rings is 1. The monoisotopic (exact) mass is 341 g/mol. The highest BCUT2D eigenvalue weighted by Gasteiger charge is 2.17. The van der Waals surface area contributed by atoms with Gasteiger partial charge in [0.1, 0.15) is 0 Å². The Balaban J connectivity index is 1.42. The molecule has 7 heteroatoms. The highest BCUT2D eigenvalue weighted by Crippen LogP contribution is 2.28. The summed E-state index contributed by atoms with van der Waals surface area (Å²) in [5.74, 6) is 0.639. The van der Waals surface area contributed by atoms with Crippen molar-refractivity contribution >= 4 is 16.9 Å². The summed E-state index contributed by atoms with van der Waals surface area (Å²) < 4.78 is 18.3. The average molecular weight is 341 g/mol. The number of carbonyl (C=O) groups is 1. The van der Waals surface area contributed by atoms with Crippen LogP contribution in [0.5, 0.6) is 5.75 Å². The van der Waals surface area contributed by atoms with E-state index in [0.29, 0.717) is 37.6 Å². The van der Waals surface area contributed by atoms with Crippen molar-refractivity contribution in [3.05, 3.63) is 47.5 Å². The van der Waals surface area contributed by atoms with Crippen LogP contribution in [0.2, 0.25) is 0 Å². The zero-order valence-electron chi connectivity index (χ0n) is 13.9. The first-order valence-electron chi connectivity index (χ1n) is 8.22. The third-order valence-electron chi connectivity index (χ3n) is 4.34. The molecule has 0 fully saturated rings. The summed E-state index contributed by atoms with van der Waals surface area (Å²) in [7, 11) is 1.58. The Morgan fingerprint density at radius 2 is 2.36 bits per heavy atom. The second-order valence-corrected chi connectivity index (χ2v) is 5.89. The van der Waals surface area contributed by atoms with Gasteiger partial charge in [-0.3, -0.25) is 9.48 Å². The van der Waals surface area contributed by atoms with Gasteiger partial charge in [-0.05, 0) is 12.1 Å². The van der Waals surface area contributed by atoms with Gasteiger partial charge < -0.3 is 19.2 Å². The van der Waals surface area contributed by atoms with Crippen LogP contribution in [0.25, 0.3) is 11.0 Å². The van der Waals surface area contributed by atoms with Crippen molar-refractivity contribution in [1.29, 1.82) is 0 Å². The molecule has 4 rings (SSSR count). The first-order chi connectivity index (χ1) is 12.3. The molecule has 0 saturated heterocycles. The van der Waals surface area contributed by atoms with Crippen LogP contribution in [0.3, 0.4) is 0 Å². The van der Waals surface area contributed by atoms with Crippen molar-refractivity contribution in [2.24, 2.45) is 0 Å². The first kappa shape index (κ1) is 15.7. The fourth-order valence-electron chi connectivity index (χ4n) is 3.07. The van der Waals surface area contributed by atoms with E-state index in [0.717, 1.165) is 17.4 Å². The van der Waals surface area contributed by atoms with E-state index in [-0.39, 0.29) is 11.7 Å². The van der Waals surface area contributed by atoms with Gasteiger partial charge in [-0.25, -0.2) is 0 Å². The number of hydrogen-bond acceptors (Lipinski definition) is 5. The van der Waals surface area contributed by atoms with Crippen molar-refractivity contribution in [2.45, 2.75) is 19.6 Å². The first-order valence-corrected chi connectivity index (χ1v) is 8.22. The molecule has 0 saturated carbocycles. The lowest BCUT2D eigenvalue weighted by Gasteiger charge is -2.14. The van der Waals surface area contributed by atoms with E-state index in [1.165, 1.54) is 5.69 Å². The summed E-state index contributed by atoms with van der Waals surface area (Å²) in [5, 5.41) is 8.09. The predicted molar refractivity (Wildman–Crippen MR) is 90.7 cm³/mol. The summed E-state index contributed by atoms with van der Waals surface area (Å²) in [4.78, 5) is 12.3. The smallest absolute Gasteiger partial charge is 0.287 e. The van der Waals surface area contributed by atoms with Gasteiger partial charge >= 0.3 is 0 Å². The Bertz CT molecular complexity index is 912. The Labute approximate surface area is 144 Å². The lowest BCUT2D eigenvalue weighted by atomic mass is 10.2. The summed E-state index contributed by atoms with van der Waals surface area (Å²) in [5.41, 5.74) is 2.90. The van der Waals surface area contributed by atoms with E-state index in [2.05, 4.69) is 10.4 Å². The van der Waals surface area contributed by atoms with Crippen LogP contribution in [0.4, 0.5) is 0 Å². The van der Waals surface area contributed by atoms with Crippen molar-refractivity contribution in [2.75, 3.05) is 20.3 Å². The number of nitrogens with one attached hydrogen (secondary N) is 1. The number of aromatic nitrogens is 2. The minimum atomic E-state index is -0.248. The molecular weight excluding hydrogens is 322 g/mol. The molecule has 1 aliphatic heterocycles. The topological polar surface area (TPSA) is 78.5 Å². The Kier molecular flexibility index (Phi) is 4.15. The predicted octanol–water partition coefficient (Wildman–Crippen LogP) is 2.14. The van der Waals surface area contributed by atoms with Gasteiger partial charge in [-0.15, -0.1) is 0 Å². The number of para-hydroxylation sites is 1. The summed E-state index contributed by atoms with van der Waals surface area (Å²) >= 11 is 0. The van der Waals surface area contributed by atoms with Gasteiger partial charge in [-0.2, -0.15) is 5.10 Å². The molecule has 1 N–H and O–H groups in total. The number of methoxy groups -OCH3 is 1. The third kappa shape index (κ3) is 2.98. The lowest BCUT2D eigenvalue weighted by Crippen LogP contribution is -2.28. The lowest BCUT2D eigenvalue weighted by molar-refractivity contribution is 0.0925. The second kappa shape index (κ2) is 6.60. The maximum Gasteiger partial charge on any atom is 0.287 e. The van der Waals surface area contributed by atoms with Crippen molar-refractivity contribution in [3.8, 4) is 5.75 Å². The summed E-state index contributed by atoms with van der Waals surface area (Å²) in [6, 6.07) is 7.28. The van der Waals surface area contributed by atoms with Crippen LogP contribution in [-0.2, 0) is 24.3 Å². The standard InChI is InChI=1S/C18H19N3O4/c1-23-15-4-2-3-12-9-16(25-17(12)15)18(22)19-6-7-21-14-5-8-24-11-13(14)10-20-21/h2-4,9-10H,5-8,11H2,1H3,(H,19,22). The molecular formula is C18H19N3O4. The number of ether oxygens (including phenoxy) is 2. The van der Waals surface area contributed by atoms with Crippen LogP contribution in [0.15, 0.2) is 34.9 Å². The minimum Gasteiger partial charge on any atom is -0.493 e. The van der Waals surface area contributed by atoms with Crippen LogP contribution >= 0.6 is 0 Å². The number of furan rings is 1. The van der Waals surface area contributed by atoms with Gasteiger partial charge in [0.15, 0.2) is 17.1 Å². The molecule has 25 heavy (non-hydrogen) atoms. The van der Waals surface area contributed by atoms with Gasteiger partial charge in [0.2, 0.25) is 0 Å². The molecule has 1 aromatic carbocycles. The number of amides is 1. The maximum absolute atomic E-state index is 12.3. The number of rotatable bonds is 5. The third-order valence-corrected chi connectivity index (χ3v) is 4.34. The fourth-order valence-corrected chi connectivity index (χ4v) is 3.07. The number of nitrogens with zero attached hydrogens (tertiary/aromatic N) is 2. The largest absolute Gasteiger partial charge is 0.493 e. The van der Waals surface area contributed by atoms with E-state index >= 15 is 0 Å². The van der Waals surface area contributed by atoms with E-state index in [9.17, 15) is 4.79 Å². The molecule has 0 atom stereocenters. The SMILES string of the molecule is COc1cccc2cc(C(=O)NCCn3ncc4c3CCOC4)oc12. The Hall–Kier alpha value is -2.80. The van der Waals surface area contributed by atoms with Crippen LogP contribution in [-0.4, -0.2) is 35.9 Å². The normalized spacial score (nSPS) is 13.6. The highest BCUT2D eigenvalue weighted by atomic mass is 16.5. The van der Waals surface area contributed by atoms with Crippen molar-refractivity contribution in [1.82, 2.24) is 15.1 Å². The molecule has 1 amide bonds. The van der Waals surface area contributed by atoms with Crippen molar-refractivity contribution < 1.29 is 18.7 Å². The Morgan fingerprint density at radius 3 is 3.24 bits per heavy atom. The molecule has 0 bridgehead atoms. The van der Waals surface area contributed by atoms with Crippen LogP contribution in [0.1, 0.15) is 21.8 Å². The molecule has 3 aromatic rings. The molecule has 2 aromatic heterocycles. The van der Waals surface area contributed by atoms with Gasteiger partial charge in [-0.1, -0.05) is 12.1 Å². The summed E-state index contributed by atoms with van der Waals surface area (Å²) in [6.07, 6.45) is 2.69. The second-order valence-electron chi connectivity index (χ2n) is 5.89. The van der Waals surface area contributed by atoms with Crippen molar-refractivity contribution in [3.63, 3.8) is 0 Å². The zero-order valence-corrected chi connectivity index (χ0v) is 13.9. The molecule has 7 nitrogen and oxygen atoms in total.